The van der Waals surface area contributed by atoms with Gasteiger partial charge in [0.2, 0.25) is 0 Å². The Morgan fingerprint density at radius 2 is 2.13 bits per heavy atom. The molecule has 2 heterocycles. The Morgan fingerprint density at radius 3 is 2.83 bits per heavy atom. The number of thiophene rings is 1. The van der Waals surface area contributed by atoms with E-state index in [1.807, 2.05) is 43.6 Å². The van der Waals surface area contributed by atoms with Crippen molar-refractivity contribution in [1.29, 1.82) is 5.41 Å². The second-order valence-electron chi connectivity index (χ2n) is 6.39. The Labute approximate surface area is 187 Å². The first-order valence-corrected chi connectivity index (χ1v) is 11.8. The van der Waals surface area contributed by atoms with Gasteiger partial charge >= 0.3 is 5.97 Å². The number of aliphatic carboxylic acids is 1. The molecule has 0 saturated carbocycles. The standard InChI is InChI=1S/C21H21N3O3S3/c1-12-4-3-5-13(10-27-11-18(25)26)19(12)14-6-15(9-24-8-14)29-17-7-16(20(22)23)30-21(17)28-2/h3-9H,10-11H2,1-2H3,(H3,22,23)(H,25,26). The van der Waals surface area contributed by atoms with Gasteiger partial charge in [-0.1, -0.05) is 30.0 Å². The van der Waals surface area contributed by atoms with Crippen LogP contribution in [0.2, 0.25) is 0 Å². The summed E-state index contributed by atoms with van der Waals surface area (Å²) in [5.41, 5.74) is 9.57. The smallest absolute Gasteiger partial charge is 0.329 e. The van der Waals surface area contributed by atoms with Crippen molar-refractivity contribution in [2.45, 2.75) is 27.5 Å². The van der Waals surface area contributed by atoms with Crippen LogP contribution in [-0.4, -0.2) is 34.8 Å². The number of nitrogen functional groups attached to an aromatic ring is 1. The van der Waals surface area contributed by atoms with Gasteiger partial charge < -0.3 is 15.6 Å². The number of benzene rings is 1. The fraction of sp³-hybridized carbons (Fsp3) is 0.190. The molecule has 30 heavy (non-hydrogen) atoms. The van der Waals surface area contributed by atoms with E-state index >= 15 is 0 Å². The molecule has 0 aliphatic carbocycles. The summed E-state index contributed by atoms with van der Waals surface area (Å²) in [6.07, 6.45) is 5.62. The van der Waals surface area contributed by atoms with Crippen LogP contribution < -0.4 is 5.73 Å². The van der Waals surface area contributed by atoms with Crippen molar-refractivity contribution in [2.75, 3.05) is 12.9 Å². The minimum atomic E-state index is -0.991. The van der Waals surface area contributed by atoms with E-state index in [9.17, 15) is 4.79 Å². The number of nitrogens with zero attached hydrogens (tertiary/aromatic N) is 1. The predicted molar refractivity (Wildman–Crippen MR) is 123 cm³/mol. The zero-order chi connectivity index (χ0) is 21.7. The predicted octanol–water partition coefficient (Wildman–Crippen LogP) is 4.88. The second-order valence-corrected chi connectivity index (χ2v) is 9.63. The lowest BCUT2D eigenvalue weighted by atomic mass is 9.96. The van der Waals surface area contributed by atoms with Gasteiger partial charge in [-0.25, -0.2) is 4.79 Å². The highest BCUT2D eigenvalue weighted by Crippen LogP contribution is 2.41. The summed E-state index contributed by atoms with van der Waals surface area (Å²) >= 11 is 4.73. The van der Waals surface area contributed by atoms with Gasteiger partial charge in [0.25, 0.3) is 0 Å². The van der Waals surface area contributed by atoms with Crippen molar-refractivity contribution in [1.82, 2.24) is 4.98 Å². The molecule has 0 saturated heterocycles. The van der Waals surface area contributed by atoms with Crippen molar-refractivity contribution in [2.24, 2.45) is 5.73 Å². The van der Waals surface area contributed by atoms with Gasteiger partial charge in [-0.2, -0.15) is 0 Å². The summed E-state index contributed by atoms with van der Waals surface area (Å²) in [5, 5.41) is 16.5. The molecule has 0 atom stereocenters. The van der Waals surface area contributed by atoms with Gasteiger partial charge in [0.15, 0.2) is 0 Å². The number of hydrogen-bond acceptors (Lipinski definition) is 7. The summed E-state index contributed by atoms with van der Waals surface area (Å²) in [4.78, 5) is 18.0. The van der Waals surface area contributed by atoms with E-state index in [0.717, 1.165) is 41.1 Å². The van der Waals surface area contributed by atoms with Gasteiger partial charge in [-0.15, -0.1) is 23.1 Å². The van der Waals surface area contributed by atoms with E-state index in [1.54, 1.807) is 29.7 Å². The maximum Gasteiger partial charge on any atom is 0.329 e. The molecule has 3 aromatic rings. The topological polar surface area (TPSA) is 109 Å². The summed E-state index contributed by atoms with van der Waals surface area (Å²) < 4.78 is 6.43. The Kier molecular flexibility index (Phi) is 7.54. The van der Waals surface area contributed by atoms with Crippen LogP contribution in [0.1, 0.15) is 16.0 Å². The van der Waals surface area contributed by atoms with Crippen molar-refractivity contribution in [3.63, 3.8) is 0 Å². The Morgan fingerprint density at radius 1 is 1.33 bits per heavy atom. The van der Waals surface area contributed by atoms with Gasteiger partial charge in [0.1, 0.15) is 12.4 Å². The highest BCUT2D eigenvalue weighted by Gasteiger charge is 2.14. The van der Waals surface area contributed by atoms with Crippen LogP contribution in [0, 0.1) is 12.3 Å². The molecule has 156 valence electrons. The zero-order valence-corrected chi connectivity index (χ0v) is 18.9. The minimum Gasteiger partial charge on any atom is -0.480 e. The molecule has 0 unspecified atom stereocenters. The first-order valence-electron chi connectivity index (χ1n) is 8.92. The average molecular weight is 460 g/mol. The summed E-state index contributed by atoms with van der Waals surface area (Å²) in [5.74, 6) is -0.922. The van der Waals surface area contributed by atoms with E-state index in [0.29, 0.717) is 0 Å². The van der Waals surface area contributed by atoms with Gasteiger partial charge in [0, 0.05) is 27.7 Å². The SMILES string of the molecule is CSc1sc(C(=N)N)cc1Sc1cncc(-c2c(C)cccc2COCC(=O)O)c1. The van der Waals surface area contributed by atoms with Crippen molar-refractivity contribution in [3.8, 4) is 11.1 Å². The maximum atomic E-state index is 10.8. The largest absolute Gasteiger partial charge is 0.480 e. The number of carbonyl (C=O) groups is 1. The Bertz CT molecular complexity index is 1080. The number of ether oxygens (including phenoxy) is 1. The molecule has 0 spiro atoms. The molecule has 6 nitrogen and oxygen atoms in total. The summed E-state index contributed by atoms with van der Waals surface area (Å²) in [7, 11) is 0. The Hall–Kier alpha value is -2.33. The molecule has 0 bridgehead atoms. The Balaban J connectivity index is 1.91. The van der Waals surface area contributed by atoms with E-state index in [1.165, 1.54) is 11.3 Å². The molecule has 0 radical (unpaired) electrons. The normalized spacial score (nSPS) is 10.9. The first-order chi connectivity index (χ1) is 14.4. The molecule has 9 heteroatoms. The average Bonchev–Trinajstić information content (AvgIpc) is 3.11. The van der Waals surface area contributed by atoms with Crippen LogP contribution in [0.4, 0.5) is 0 Å². The van der Waals surface area contributed by atoms with Crippen molar-refractivity contribution in [3.05, 3.63) is 58.7 Å². The second kappa shape index (κ2) is 10.1. The molecule has 1 aromatic carbocycles. The molecule has 0 fully saturated rings. The molecule has 3 rings (SSSR count). The molecular formula is C21H21N3O3S3. The van der Waals surface area contributed by atoms with E-state index in [-0.39, 0.29) is 19.0 Å². The number of amidine groups is 1. The van der Waals surface area contributed by atoms with Crippen molar-refractivity contribution >= 4 is 46.7 Å². The summed E-state index contributed by atoms with van der Waals surface area (Å²) in [6.45, 7) is 1.89. The number of nitrogens with two attached hydrogens (primary N) is 1. The quantitative estimate of drug-likeness (QED) is 0.238. The van der Waals surface area contributed by atoms with Crippen molar-refractivity contribution < 1.29 is 14.6 Å². The van der Waals surface area contributed by atoms with Gasteiger partial charge in [-0.3, -0.25) is 10.4 Å². The van der Waals surface area contributed by atoms with Crippen LogP contribution in [0.3, 0.4) is 0 Å². The van der Waals surface area contributed by atoms with Crippen LogP contribution in [0.5, 0.6) is 0 Å². The molecular weight excluding hydrogens is 438 g/mol. The number of carboxylic acids is 1. The molecule has 0 amide bonds. The number of aryl methyl sites for hydroxylation is 1. The van der Waals surface area contributed by atoms with Gasteiger partial charge in [-0.05, 0) is 42.0 Å². The van der Waals surface area contributed by atoms with Gasteiger partial charge in [0.05, 0.1) is 15.7 Å². The number of hydrogen-bond donors (Lipinski definition) is 3. The lowest BCUT2D eigenvalue weighted by molar-refractivity contribution is -0.142. The van der Waals surface area contributed by atoms with Crippen LogP contribution >= 0.6 is 34.9 Å². The zero-order valence-electron chi connectivity index (χ0n) is 16.5. The maximum absolute atomic E-state index is 10.8. The number of carboxylic acid groups (broad SMARTS) is 1. The lowest BCUT2D eigenvalue weighted by Gasteiger charge is -2.13. The summed E-state index contributed by atoms with van der Waals surface area (Å²) in [6, 6.07) is 9.89. The number of rotatable bonds is 9. The van der Waals surface area contributed by atoms with E-state index in [2.05, 4.69) is 11.1 Å². The molecule has 0 aliphatic heterocycles. The fourth-order valence-corrected chi connectivity index (χ4v) is 5.97. The van der Waals surface area contributed by atoms with Crippen LogP contribution in [0.15, 0.2) is 56.7 Å². The number of thioether (sulfide) groups is 1. The number of pyridine rings is 1. The highest BCUT2D eigenvalue weighted by molar-refractivity contribution is 8.03. The fourth-order valence-electron chi connectivity index (χ4n) is 2.95. The number of aromatic nitrogens is 1. The molecule has 0 aliphatic rings. The third-order valence-corrected chi connectivity index (χ3v) is 7.75. The van der Waals surface area contributed by atoms with E-state index < -0.39 is 5.97 Å². The lowest BCUT2D eigenvalue weighted by Crippen LogP contribution is -2.08. The van der Waals surface area contributed by atoms with E-state index in [4.69, 9.17) is 21.0 Å². The van der Waals surface area contributed by atoms with Crippen LogP contribution in [-0.2, 0) is 16.1 Å². The molecule has 2 aromatic heterocycles. The minimum absolute atomic E-state index is 0.0694. The third kappa shape index (κ3) is 5.42. The number of nitrogens with one attached hydrogen (secondary N) is 1. The monoisotopic (exact) mass is 459 g/mol. The van der Waals surface area contributed by atoms with Crippen LogP contribution in [0.25, 0.3) is 11.1 Å². The highest BCUT2D eigenvalue weighted by atomic mass is 32.2. The molecule has 4 N–H and O–H groups in total. The first kappa shape index (κ1) is 22.4. The third-order valence-electron chi connectivity index (χ3n) is 4.19.